The molecule has 1 N–H and O–H groups in total. The van der Waals surface area contributed by atoms with Crippen molar-refractivity contribution in [2.24, 2.45) is 5.92 Å². The van der Waals surface area contributed by atoms with Crippen LogP contribution < -0.4 is 5.32 Å². The Morgan fingerprint density at radius 1 is 1.69 bits per heavy atom. The molecule has 2 saturated heterocycles. The van der Waals surface area contributed by atoms with Crippen molar-refractivity contribution >= 4 is 5.97 Å². The Bertz CT molecular complexity index is 213. The zero-order valence-electron chi connectivity index (χ0n) is 7.84. The van der Waals surface area contributed by atoms with Gasteiger partial charge in [0.2, 0.25) is 0 Å². The van der Waals surface area contributed by atoms with Gasteiger partial charge in [-0.05, 0) is 13.3 Å². The highest BCUT2D eigenvalue weighted by atomic mass is 16.5. The Labute approximate surface area is 77.6 Å². The molecule has 0 aromatic carbocycles. The lowest BCUT2D eigenvalue weighted by Crippen LogP contribution is -2.56. The molecule has 0 radical (unpaired) electrons. The van der Waals surface area contributed by atoms with E-state index in [4.69, 9.17) is 9.47 Å². The number of carbonyl (C=O) groups excluding carboxylic acids is 1. The monoisotopic (exact) mass is 185 g/mol. The number of esters is 1. The number of hydrogen-bond donors (Lipinski definition) is 1. The minimum atomic E-state index is -0.0706. The molecule has 2 aliphatic rings. The molecule has 0 aromatic heterocycles. The fourth-order valence-electron chi connectivity index (χ4n) is 1.95. The van der Waals surface area contributed by atoms with Crippen molar-refractivity contribution in [3.63, 3.8) is 0 Å². The summed E-state index contributed by atoms with van der Waals surface area (Å²) in [6.45, 7) is 4.52. The van der Waals surface area contributed by atoms with E-state index in [1.54, 1.807) is 0 Å². The molecule has 2 fully saturated rings. The van der Waals surface area contributed by atoms with Crippen LogP contribution in [0.15, 0.2) is 0 Å². The average molecular weight is 185 g/mol. The van der Waals surface area contributed by atoms with Gasteiger partial charge in [0.1, 0.15) is 0 Å². The van der Waals surface area contributed by atoms with Crippen LogP contribution in [-0.2, 0) is 14.3 Å². The molecule has 0 aliphatic carbocycles. The Hall–Kier alpha value is -0.610. The van der Waals surface area contributed by atoms with E-state index in [1.807, 2.05) is 6.92 Å². The number of ether oxygens (including phenoxy) is 2. The summed E-state index contributed by atoms with van der Waals surface area (Å²) in [5, 5.41) is 3.33. The fourth-order valence-corrected chi connectivity index (χ4v) is 1.95. The van der Waals surface area contributed by atoms with Crippen molar-refractivity contribution in [1.82, 2.24) is 5.32 Å². The summed E-state index contributed by atoms with van der Waals surface area (Å²) in [6.07, 6.45) is 0.867. The molecule has 1 spiro atoms. The van der Waals surface area contributed by atoms with Gasteiger partial charge in [0, 0.05) is 6.54 Å². The predicted octanol–water partition coefficient (Wildman–Crippen LogP) is -0.0720. The highest BCUT2D eigenvalue weighted by Crippen LogP contribution is 2.31. The van der Waals surface area contributed by atoms with Crippen molar-refractivity contribution in [3.05, 3.63) is 0 Å². The Morgan fingerprint density at radius 2 is 2.46 bits per heavy atom. The maximum Gasteiger partial charge on any atom is 0.310 e. The van der Waals surface area contributed by atoms with Gasteiger partial charge in [-0.2, -0.15) is 0 Å². The molecule has 0 bridgehead atoms. The lowest BCUT2D eigenvalue weighted by Gasteiger charge is -2.38. The molecule has 2 aliphatic heterocycles. The van der Waals surface area contributed by atoms with E-state index >= 15 is 0 Å². The van der Waals surface area contributed by atoms with Gasteiger partial charge < -0.3 is 14.8 Å². The molecule has 4 heteroatoms. The van der Waals surface area contributed by atoms with E-state index in [0.717, 1.165) is 26.2 Å². The second kappa shape index (κ2) is 3.27. The van der Waals surface area contributed by atoms with E-state index in [1.165, 1.54) is 0 Å². The number of carbonyl (C=O) groups is 1. The van der Waals surface area contributed by atoms with E-state index < -0.39 is 0 Å². The molecule has 0 amide bonds. The van der Waals surface area contributed by atoms with E-state index in [0.29, 0.717) is 6.61 Å². The first-order chi connectivity index (χ1) is 6.26. The third-order valence-corrected chi connectivity index (χ3v) is 2.74. The number of rotatable bonds is 2. The van der Waals surface area contributed by atoms with Crippen LogP contribution in [0.2, 0.25) is 0 Å². The summed E-state index contributed by atoms with van der Waals surface area (Å²) in [5.41, 5.74) is 0.0947. The lowest BCUT2D eigenvalue weighted by atomic mass is 9.91. The summed E-state index contributed by atoms with van der Waals surface area (Å²) >= 11 is 0. The summed E-state index contributed by atoms with van der Waals surface area (Å²) in [7, 11) is 0. The average Bonchev–Trinajstić information content (AvgIpc) is 2.47. The zero-order valence-corrected chi connectivity index (χ0v) is 7.84. The molecule has 74 valence electrons. The van der Waals surface area contributed by atoms with E-state index in [9.17, 15) is 4.79 Å². The largest absolute Gasteiger partial charge is 0.466 e. The maximum absolute atomic E-state index is 11.4. The highest BCUT2D eigenvalue weighted by Gasteiger charge is 2.47. The van der Waals surface area contributed by atoms with Crippen LogP contribution in [0.5, 0.6) is 0 Å². The first-order valence-electron chi connectivity index (χ1n) is 4.75. The highest BCUT2D eigenvalue weighted by molar-refractivity contribution is 5.73. The van der Waals surface area contributed by atoms with Gasteiger partial charge in [0.25, 0.3) is 0 Å². The summed E-state index contributed by atoms with van der Waals surface area (Å²) in [5.74, 6) is -0.0392. The Balaban J connectivity index is 1.87. The lowest BCUT2D eigenvalue weighted by molar-refractivity contribution is -0.148. The minimum absolute atomic E-state index is 0.0313. The fraction of sp³-hybridized carbons (Fsp3) is 0.889. The quantitative estimate of drug-likeness (QED) is 0.612. The molecule has 0 aromatic rings. The zero-order chi connectivity index (χ0) is 9.31. The number of nitrogens with one attached hydrogen (secondary N) is 1. The van der Waals surface area contributed by atoms with Crippen molar-refractivity contribution in [1.29, 1.82) is 0 Å². The predicted molar refractivity (Wildman–Crippen MR) is 46.3 cm³/mol. The number of hydrogen-bond acceptors (Lipinski definition) is 4. The van der Waals surface area contributed by atoms with Crippen LogP contribution in [0.25, 0.3) is 0 Å². The maximum atomic E-state index is 11.4. The molecular formula is C9H15NO3. The van der Waals surface area contributed by atoms with Gasteiger partial charge in [-0.15, -0.1) is 0 Å². The van der Waals surface area contributed by atoms with Gasteiger partial charge in [0.15, 0.2) is 0 Å². The first-order valence-corrected chi connectivity index (χ1v) is 4.75. The second-order valence-electron chi connectivity index (χ2n) is 3.81. The minimum Gasteiger partial charge on any atom is -0.466 e. The third kappa shape index (κ3) is 1.56. The van der Waals surface area contributed by atoms with Gasteiger partial charge >= 0.3 is 5.97 Å². The van der Waals surface area contributed by atoms with Crippen LogP contribution in [0.1, 0.15) is 13.3 Å². The van der Waals surface area contributed by atoms with Crippen molar-refractivity contribution in [3.8, 4) is 0 Å². The molecule has 13 heavy (non-hydrogen) atoms. The second-order valence-corrected chi connectivity index (χ2v) is 3.81. The van der Waals surface area contributed by atoms with E-state index in [-0.39, 0.29) is 17.4 Å². The SMILES string of the molecule is CCOC(=O)[C@@H]1CNC2(COC2)C1. The van der Waals surface area contributed by atoms with Crippen LogP contribution in [0, 0.1) is 5.92 Å². The molecule has 0 unspecified atom stereocenters. The normalized spacial score (nSPS) is 30.1. The smallest absolute Gasteiger partial charge is 0.310 e. The Morgan fingerprint density at radius 3 is 2.92 bits per heavy atom. The molecule has 2 rings (SSSR count). The molecular weight excluding hydrogens is 170 g/mol. The van der Waals surface area contributed by atoms with Crippen LogP contribution in [0.3, 0.4) is 0 Å². The summed E-state index contributed by atoms with van der Waals surface area (Å²) in [6, 6.07) is 0. The van der Waals surface area contributed by atoms with Crippen LogP contribution in [0.4, 0.5) is 0 Å². The summed E-state index contributed by atoms with van der Waals surface area (Å²) < 4.78 is 10.1. The molecule has 4 nitrogen and oxygen atoms in total. The topological polar surface area (TPSA) is 47.6 Å². The molecule has 0 saturated carbocycles. The van der Waals surface area contributed by atoms with Gasteiger partial charge in [-0.25, -0.2) is 0 Å². The molecule has 1 atom stereocenters. The summed E-state index contributed by atoms with van der Waals surface area (Å²) in [4.78, 5) is 11.4. The van der Waals surface area contributed by atoms with Crippen molar-refractivity contribution in [2.45, 2.75) is 18.9 Å². The molecule has 2 heterocycles. The third-order valence-electron chi connectivity index (χ3n) is 2.74. The van der Waals surface area contributed by atoms with Crippen molar-refractivity contribution < 1.29 is 14.3 Å². The van der Waals surface area contributed by atoms with Crippen LogP contribution in [-0.4, -0.2) is 37.9 Å². The standard InChI is InChI=1S/C9H15NO3/c1-2-13-8(11)7-3-9(10-4-7)5-12-6-9/h7,10H,2-6H2,1H3/t7-/m0/s1. The van der Waals surface area contributed by atoms with Gasteiger partial charge in [0.05, 0.1) is 31.3 Å². The van der Waals surface area contributed by atoms with Gasteiger partial charge in [-0.1, -0.05) is 0 Å². The first kappa shape index (κ1) is 8.97. The van der Waals surface area contributed by atoms with Crippen LogP contribution >= 0.6 is 0 Å². The van der Waals surface area contributed by atoms with Crippen molar-refractivity contribution in [2.75, 3.05) is 26.4 Å². The van der Waals surface area contributed by atoms with Gasteiger partial charge in [-0.3, -0.25) is 4.79 Å². The Kier molecular flexibility index (Phi) is 2.26. The van der Waals surface area contributed by atoms with E-state index in [2.05, 4.69) is 5.32 Å².